The highest BCUT2D eigenvalue weighted by atomic mass is 14.2. The molecule has 1 aliphatic carbocycles. The third-order valence-electron chi connectivity index (χ3n) is 9.89. The molecular formula is C52H40. The van der Waals surface area contributed by atoms with Crippen LogP contribution in [-0.4, -0.2) is 0 Å². The lowest BCUT2D eigenvalue weighted by Gasteiger charge is -2.23. The van der Waals surface area contributed by atoms with Crippen LogP contribution in [0.1, 0.15) is 56.8 Å². The van der Waals surface area contributed by atoms with Crippen LogP contribution in [0.4, 0.5) is 0 Å². The molecule has 1 aliphatic rings. The lowest BCUT2D eigenvalue weighted by Crippen LogP contribution is -2.03. The summed E-state index contributed by atoms with van der Waals surface area (Å²) >= 11 is 0. The zero-order valence-corrected chi connectivity index (χ0v) is 29.1. The largest absolute Gasteiger partial charge is 0.0761 e. The highest BCUT2D eigenvalue weighted by molar-refractivity contribution is 6.06. The SMILES string of the molecule is C1=CC(c2ccc(C(=C(c3ccccc3)c3ccccc3)c3ccccc3)cc2)CC=C1C(=C(c1ccccc1)c1ccccc1)c1ccccc1. The molecule has 0 bridgehead atoms. The van der Waals surface area contributed by atoms with Crippen molar-refractivity contribution in [1.29, 1.82) is 0 Å². The molecule has 0 nitrogen and oxygen atoms in total. The van der Waals surface area contributed by atoms with Gasteiger partial charge in [-0.1, -0.05) is 224 Å². The van der Waals surface area contributed by atoms with Gasteiger partial charge >= 0.3 is 0 Å². The van der Waals surface area contributed by atoms with Crippen LogP contribution < -0.4 is 0 Å². The minimum atomic E-state index is 0.290. The van der Waals surface area contributed by atoms with Crippen LogP contribution >= 0.6 is 0 Å². The second-order valence-corrected chi connectivity index (χ2v) is 13.2. The first-order valence-corrected chi connectivity index (χ1v) is 18.1. The predicted molar refractivity (Wildman–Crippen MR) is 221 cm³/mol. The van der Waals surface area contributed by atoms with Gasteiger partial charge in [0, 0.05) is 5.92 Å². The van der Waals surface area contributed by atoms with Crippen molar-refractivity contribution >= 4 is 22.3 Å². The first kappa shape index (κ1) is 32.7. The van der Waals surface area contributed by atoms with Gasteiger partial charge in [-0.05, 0) is 78.8 Å². The minimum Gasteiger partial charge on any atom is -0.0761 e. The zero-order valence-electron chi connectivity index (χ0n) is 29.1. The Hall–Kier alpha value is -6.50. The standard InChI is InChI=1S/C52H40/c1-7-19-41(20-8-1)49(42-21-9-2-10-22-42)51(45-27-15-5-16-28-45)47-35-31-39(32-36-47)40-33-37-48(38-34-40)52(46-29-17-6-18-30-46)50(43-23-11-3-12-24-43)44-25-13-4-14-26-44/h1-33,35-38,40H,34H2. The molecule has 1 unspecified atom stereocenters. The van der Waals surface area contributed by atoms with E-state index in [1.165, 1.54) is 72.4 Å². The lowest BCUT2D eigenvalue weighted by atomic mass is 9.81. The van der Waals surface area contributed by atoms with Gasteiger partial charge in [0.2, 0.25) is 0 Å². The fourth-order valence-electron chi connectivity index (χ4n) is 7.40. The third kappa shape index (κ3) is 7.06. The molecule has 0 aromatic heterocycles. The fourth-order valence-corrected chi connectivity index (χ4v) is 7.40. The van der Waals surface area contributed by atoms with E-state index in [0.29, 0.717) is 5.92 Å². The molecule has 1 atom stereocenters. The molecule has 0 fully saturated rings. The molecular weight excluding hydrogens is 625 g/mol. The van der Waals surface area contributed by atoms with Crippen LogP contribution in [0.25, 0.3) is 22.3 Å². The van der Waals surface area contributed by atoms with E-state index in [2.05, 4.69) is 224 Å². The molecule has 0 saturated heterocycles. The molecule has 0 N–H and O–H groups in total. The normalized spacial score (nSPS) is 13.5. The van der Waals surface area contributed by atoms with Gasteiger partial charge in [0.05, 0.1) is 0 Å². The highest BCUT2D eigenvalue weighted by Gasteiger charge is 2.21. The molecule has 0 saturated carbocycles. The number of rotatable bonds is 9. The monoisotopic (exact) mass is 664 g/mol. The van der Waals surface area contributed by atoms with Crippen LogP contribution in [-0.2, 0) is 0 Å². The molecule has 7 aromatic rings. The van der Waals surface area contributed by atoms with E-state index in [0.717, 1.165) is 6.42 Å². The Morgan fingerprint density at radius 1 is 0.308 bits per heavy atom. The molecule has 0 radical (unpaired) electrons. The van der Waals surface area contributed by atoms with E-state index < -0.39 is 0 Å². The van der Waals surface area contributed by atoms with E-state index in [1.54, 1.807) is 0 Å². The third-order valence-corrected chi connectivity index (χ3v) is 9.89. The number of allylic oxidation sites excluding steroid dienone is 5. The number of hydrogen-bond donors (Lipinski definition) is 0. The second-order valence-electron chi connectivity index (χ2n) is 13.2. The van der Waals surface area contributed by atoms with Crippen LogP contribution in [0.2, 0.25) is 0 Å². The Kier molecular flexibility index (Phi) is 9.80. The van der Waals surface area contributed by atoms with Gasteiger partial charge in [0.25, 0.3) is 0 Å². The van der Waals surface area contributed by atoms with Crippen LogP contribution in [0.15, 0.2) is 230 Å². The average molecular weight is 665 g/mol. The summed E-state index contributed by atoms with van der Waals surface area (Å²) in [6, 6.07) is 74.1. The number of benzene rings is 7. The van der Waals surface area contributed by atoms with Gasteiger partial charge in [-0.25, -0.2) is 0 Å². The zero-order chi connectivity index (χ0) is 35.0. The summed E-state index contributed by atoms with van der Waals surface area (Å²) in [6.07, 6.45) is 8.10. The van der Waals surface area contributed by atoms with Crippen molar-refractivity contribution in [3.8, 4) is 0 Å². The first-order chi connectivity index (χ1) is 25.8. The van der Waals surface area contributed by atoms with Crippen molar-refractivity contribution in [2.45, 2.75) is 12.3 Å². The topological polar surface area (TPSA) is 0 Å². The molecule has 0 aliphatic heterocycles. The van der Waals surface area contributed by atoms with Gasteiger partial charge in [-0.3, -0.25) is 0 Å². The van der Waals surface area contributed by atoms with Crippen LogP contribution in [0, 0.1) is 0 Å². The fraction of sp³-hybridized carbons (Fsp3) is 0.0385. The Morgan fingerprint density at radius 2 is 0.596 bits per heavy atom. The van der Waals surface area contributed by atoms with Crippen molar-refractivity contribution in [2.75, 3.05) is 0 Å². The average Bonchev–Trinajstić information content (AvgIpc) is 3.24. The maximum atomic E-state index is 2.44. The molecule has 52 heavy (non-hydrogen) atoms. The summed E-state index contributed by atoms with van der Waals surface area (Å²) in [5.41, 5.74) is 16.0. The maximum Gasteiger partial charge on any atom is 0.00561 e. The summed E-state index contributed by atoms with van der Waals surface area (Å²) in [4.78, 5) is 0. The van der Waals surface area contributed by atoms with E-state index in [-0.39, 0.29) is 0 Å². The summed E-state index contributed by atoms with van der Waals surface area (Å²) < 4.78 is 0. The Bertz CT molecular complexity index is 2260. The van der Waals surface area contributed by atoms with E-state index in [4.69, 9.17) is 0 Å². The summed E-state index contributed by atoms with van der Waals surface area (Å²) in [6.45, 7) is 0. The van der Waals surface area contributed by atoms with Crippen molar-refractivity contribution in [3.63, 3.8) is 0 Å². The first-order valence-electron chi connectivity index (χ1n) is 18.1. The van der Waals surface area contributed by atoms with Gasteiger partial charge < -0.3 is 0 Å². The molecule has 0 heteroatoms. The van der Waals surface area contributed by atoms with Gasteiger partial charge in [-0.15, -0.1) is 0 Å². The molecule has 248 valence electrons. The summed E-state index contributed by atoms with van der Waals surface area (Å²) in [7, 11) is 0. The van der Waals surface area contributed by atoms with E-state index in [1.807, 2.05) is 0 Å². The Balaban J connectivity index is 1.18. The van der Waals surface area contributed by atoms with E-state index >= 15 is 0 Å². The van der Waals surface area contributed by atoms with Crippen molar-refractivity contribution in [1.82, 2.24) is 0 Å². The van der Waals surface area contributed by atoms with Crippen LogP contribution in [0.5, 0.6) is 0 Å². The Morgan fingerprint density at radius 3 is 0.904 bits per heavy atom. The summed E-state index contributed by atoms with van der Waals surface area (Å²) in [5, 5.41) is 0. The van der Waals surface area contributed by atoms with Crippen LogP contribution in [0.3, 0.4) is 0 Å². The molecule has 0 heterocycles. The minimum absolute atomic E-state index is 0.290. The number of hydrogen-bond acceptors (Lipinski definition) is 0. The smallest absolute Gasteiger partial charge is 0.00561 e. The second kappa shape index (κ2) is 15.6. The van der Waals surface area contributed by atoms with Gasteiger partial charge in [0.15, 0.2) is 0 Å². The maximum absolute atomic E-state index is 2.44. The van der Waals surface area contributed by atoms with Gasteiger partial charge in [0.1, 0.15) is 0 Å². The highest BCUT2D eigenvalue weighted by Crippen LogP contribution is 2.41. The quantitative estimate of drug-likeness (QED) is 0.135. The molecule has 0 spiro atoms. The summed E-state index contributed by atoms with van der Waals surface area (Å²) in [5.74, 6) is 0.290. The Labute approximate surface area is 308 Å². The van der Waals surface area contributed by atoms with E-state index in [9.17, 15) is 0 Å². The molecule has 8 rings (SSSR count). The predicted octanol–water partition coefficient (Wildman–Crippen LogP) is 13.3. The van der Waals surface area contributed by atoms with Gasteiger partial charge in [-0.2, -0.15) is 0 Å². The molecule has 7 aromatic carbocycles. The van der Waals surface area contributed by atoms with Crippen molar-refractivity contribution in [2.24, 2.45) is 0 Å². The van der Waals surface area contributed by atoms with Crippen molar-refractivity contribution in [3.05, 3.63) is 275 Å². The van der Waals surface area contributed by atoms with Crippen molar-refractivity contribution < 1.29 is 0 Å². The molecule has 0 amide bonds. The lowest BCUT2D eigenvalue weighted by molar-refractivity contribution is 0.849.